The number of hydrogen-bond donors (Lipinski definition) is 1. The standard InChI is InChI=1S/C33H45N3O4/c1-6-8-10-14-17-30(33(39)35(5)20-9-7-2)34-32(38)22-28-24(3)36(23-26-15-12-11-13-16-26)31-19-18-27(21-29(28)31)40-25(4)37/h11-13,15-16,18-19,21,30H,6-10,14,17,20,22-23H2,1-5H3,(H,34,38). The number of hydrogen-bond acceptors (Lipinski definition) is 4. The number of aromatic nitrogens is 1. The molecule has 0 saturated carbocycles. The number of nitrogens with zero attached hydrogens (tertiary/aromatic N) is 2. The zero-order valence-electron chi connectivity index (χ0n) is 24.8. The lowest BCUT2D eigenvalue weighted by Gasteiger charge is -2.25. The Morgan fingerprint density at radius 1 is 0.975 bits per heavy atom. The monoisotopic (exact) mass is 547 g/mol. The van der Waals surface area contributed by atoms with Crippen LogP contribution in [-0.4, -0.2) is 46.9 Å². The fourth-order valence-electron chi connectivity index (χ4n) is 5.16. The molecule has 3 rings (SSSR count). The molecule has 0 saturated heterocycles. The summed E-state index contributed by atoms with van der Waals surface area (Å²) in [5, 5.41) is 3.94. The maximum absolute atomic E-state index is 13.5. The van der Waals surface area contributed by atoms with Crippen molar-refractivity contribution in [2.45, 2.75) is 91.6 Å². The van der Waals surface area contributed by atoms with Crippen LogP contribution < -0.4 is 10.1 Å². The predicted molar refractivity (Wildman–Crippen MR) is 160 cm³/mol. The minimum absolute atomic E-state index is 0.0290. The van der Waals surface area contributed by atoms with Gasteiger partial charge in [-0.05, 0) is 49.1 Å². The van der Waals surface area contributed by atoms with E-state index in [4.69, 9.17) is 4.74 Å². The first kappa shape index (κ1) is 30.9. The van der Waals surface area contributed by atoms with Crippen molar-refractivity contribution in [3.8, 4) is 5.75 Å². The van der Waals surface area contributed by atoms with Crippen LogP contribution in [0.4, 0.5) is 0 Å². The van der Waals surface area contributed by atoms with Crippen LogP contribution in [0.3, 0.4) is 0 Å². The average Bonchev–Trinajstić information content (AvgIpc) is 3.18. The number of amides is 2. The number of ether oxygens (including phenoxy) is 1. The maximum Gasteiger partial charge on any atom is 0.308 e. The molecule has 1 unspecified atom stereocenters. The topological polar surface area (TPSA) is 80.6 Å². The van der Waals surface area contributed by atoms with Gasteiger partial charge in [-0.2, -0.15) is 0 Å². The number of rotatable bonds is 15. The zero-order valence-corrected chi connectivity index (χ0v) is 24.8. The summed E-state index contributed by atoms with van der Waals surface area (Å²) in [4.78, 5) is 40.2. The summed E-state index contributed by atoms with van der Waals surface area (Å²) in [5.41, 5.74) is 3.95. The lowest BCUT2D eigenvalue weighted by molar-refractivity contribution is -0.135. The van der Waals surface area contributed by atoms with E-state index in [9.17, 15) is 14.4 Å². The molecule has 2 aromatic carbocycles. The fourth-order valence-corrected chi connectivity index (χ4v) is 5.16. The first-order chi connectivity index (χ1) is 19.2. The molecule has 7 heteroatoms. The summed E-state index contributed by atoms with van der Waals surface area (Å²) in [6.45, 7) is 8.99. The second-order valence-electron chi connectivity index (χ2n) is 10.7. The zero-order chi connectivity index (χ0) is 29.1. The number of fused-ring (bicyclic) bond motifs is 1. The van der Waals surface area contributed by atoms with E-state index in [0.29, 0.717) is 25.3 Å². The van der Waals surface area contributed by atoms with Crippen LogP contribution >= 0.6 is 0 Å². The summed E-state index contributed by atoms with van der Waals surface area (Å²) in [6, 6.07) is 15.2. The van der Waals surface area contributed by atoms with E-state index in [0.717, 1.165) is 66.2 Å². The molecular weight excluding hydrogens is 502 g/mol. The molecule has 0 bridgehead atoms. The van der Waals surface area contributed by atoms with Crippen molar-refractivity contribution < 1.29 is 19.1 Å². The Morgan fingerprint density at radius 3 is 2.38 bits per heavy atom. The first-order valence-electron chi connectivity index (χ1n) is 14.6. The molecule has 1 N–H and O–H groups in total. The van der Waals surface area contributed by atoms with Crippen molar-refractivity contribution in [2.75, 3.05) is 13.6 Å². The van der Waals surface area contributed by atoms with Gasteiger partial charge in [-0.3, -0.25) is 14.4 Å². The summed E-state index contributed by atoms with van der Waals surface area (Å²) < 4.78 is 7.56. The second-order valence-corrected chi connectivity index (χ2v) is 10.7. The highest BCUT2D eigenvalue weighted by Gasteiger charge is 2.25. The van der Waals surface area contributed by atoms with Gasteiger partial charge in [0.15, 0.2) is 0 Å². The quantitative estimate of drug-likeness (QED) is 0.140. The van der Waals surface area contributed by atoms with Crippen LogP contribution in [0, 0.1) is 6.92 Å². The molecule has 0 aliphatic rings. The minimum atomic E-state index is -0.541. The Morgan fingerprint density at radius 2 is 1.70 bits per heavy atom. The molecule has 40 heavy (non-hydrogen) atoms. The van der Waals surface area contributed by atoms with Gasteiger partial charge in [-0.15, -0.1) is 0 Å². The van der Waals surface area contributed by atoms with Gasteiger partial charge in [-0.1, -0.05) is 76.3 Å². The maximum atomic E-state index is 13.5. The third-order valence-electron chi connectivity index (χ3n) is 7.41. The molecule has 1 aromatic heterocycles. The molecular formula is C33H45N3O4. The van der Waals surface area contributed by atoms with Gasteiger partial charge in [-0.25, -0.2) is 0 Å². The number of likely N-dealkylation sites (N-methyl/N-ethyl adjacent to an activating group) is 1. The van der Waals surface area contributed by atoms with E-state index in [-0.39, 0.29) is 18.2 Å². The van der Waals surface area contributed by atoms with Crippen molar-refractivity contribution in [3.63, 3.8) is 0 Å². The highest BCUT2D eigenvalue weighted by Crippen LogP contribution is 2.31. The van der Waals surface area contributed by atoms with E-state index in [2.05, 4.69) is 35.9 Å². The minimum Gasteiger partial charge on any atom is -0.427 e. The number of carbonyl (C=O) groups excluding carboxylic acids is 3. The van der Waals surface area contributed by atoms with Crippen molar-refractivity contribution in [2.24, 2.45) is 0 Å². The lowest BCUT2D eigenvalue weighted by atomic mass is 10.0. The van der Waals surface area contributed by atoms with Gasteiger partial charge >= 0.3 is 5.97 Å². The molecule has 0 aliphatic carbocycles. The van der Waals surface area contributed by atoms with Gasteiger partial charge in [0.25, 0.3) is 0 Å². The molecule has 0 spiro atoms. The van der Waals surface area contributed by atoms with Crippen molar-refractivity contribution in [3.05, 3.63) is 65.4 Å². The normalized spacial score (nSPS) is 11.8. The molecule has 216 valence electrons. The highest BCUT2D eigenvalue weighted by molar-refractivity contribution is 5.94. The molecule has 0 radical (unpaired) electrons. The number of nitrogens with one attached hydrogen (secondary N) is 1. The fraction of sp³-hybridized carbons (Fsp3) is 0.485. The third-order valence-corrected chi connectivity index (χ3v) is 7.41. The first-order valence-corrected chi connectivity index (χ1v) is 14.6. The molecule has 2 amide bonds. The molecule has 3 aromatic rings. The van der Waals surface area contributed by atoms with Gasteiger partial charge in [0.1, 0.15) is 11.8 Å². The predicted octanol–water partition coefficient (Wildman–Crippen LogP) is 6.18. The smallest absolute Gasteiger partial charge is 0.308 e. The van der Waals surface area contributed by atoms with Gasteiger partial charge in [0.2, 0.25) is 11.8 Å². The van der Waals surface area contributed by atoms with Crippen LogP contribution in [-0.2, 0) is 27.3 Å². The molecule has 0 aliphatic heterocycles. The average molecular weight is 548 g/mol. The summed E-state index contributed by atoms with van der Waals surface area (Å²) in [6.07, 6.45) is 6.87. The number of unbranched alkanes of at least 4 members (excludes halogenated alkanes) is 4. The number of esters is 1. The van der Waals surface area contributed by atoms with E-state index in [1.807, 2.05) is 44.3 Å². The Labute approximate surface area is 238 Å². The molecule has 1 heterocycles. The Bertz CT molecular complexity index is 1280. The van der Waals surface area contributed by atoms with Crippen molar-refractivity contribution in [1.82, 2.24) is 14.8 Å². The van der Waals surface area contributed by atoms with E-state index in [1.54, 1.807) is 11.0 Å². The molecule has 1 atom stereocenters. The van der Waals surface area contributed by atoms with E-state index >= 15 is 0 Å². The third kappa shape index (κ3) is 8.44. The summed E-state index contributed by atoms with van der Waals surface area (Å²) in [5.74, 6) is -0.160. The SMILES string of the molecule is CCCCCCC(NC(=O)Cc1c(C)n(Cc2ccccc2)c2ccc(OC(C)=O)cc12)C(=O)N(C)CCCC. The van der Waals surface area contributed by atoms with Gasteiger partial charge in [0.05, 0.1) is 6.42 Å². The van der Waals surface area contributed by atoms with Crippen LogP contribution in [0.25, 0.3) is 10.9 Å². The van der Waals surface area contributed by atoms with Gasteiger partial charge in [0, 0.05) is 43.7 Å². The second kappa shape index (κ2) is 15.2. The van der Waals surface area contributed by atoms with Crippen LogP contribution in [0.1, 0.15) is 82.5 Å². The van der Waals surface area contributed by atoms with E-state index in [1.165, 1.54) is 6.92 Å². The number of carbonyl (C=O) groups is 3. The van der Waals surface area contributed by atoms with E-state index < -0.39 is 12.0 Å². The Balaban J connectivity index is 1.90. The van der Waals surface area contributed by atoms with Crippen LogP contribution in [0.5, 0.6) is 5.75 Å². The van der Waals surface area contributed by atoms with Crippen molar-refractivity contribution in [1.29, 1.82) is 0 Å². The number of benzene rings is 2. The highest BCUT2D eigenvalue weighted by atomic mass is 16.5. The Hall–Kier alpha value is -3.61. The molecule has 0 fully saturated rings. The van der Waals surface area contributed by atoms with Gasteiger partial charge < -0.3 is 19.5 Å². The van der Waals surface area contributed by atoms with Crippen LogP contribution in [0.2, 0.25) is 0 Å². The largest absolute Gasteiger partial charge is 0.427 e. The molecule has 7 nitrogen and oxygen atoms in total. The van der Waals surface area contributed by atoms with Crippen LogP contribution in [0.15, 0.2) is 48.5 Å². The van der Waals surface area contributed by atoms with Crippen molar-refractivity contribution >= 4 is 28.7 Å². The Kier molecular flexibility index (Phi) is 11.8. The lowest BCUT2D eigenvalue weighted by Crippen LogP contribution is -2.48. The summed E-state index contributed by atoms with van der Waals surface area (Å²) in [7, 11) is 1.82. The summed E-state index contributed by atoms with van der Waals surface area (Å²) >= 11 is 0.